The van der Waals surface area contributed by atoms with Gasteiger partial charge in [-0.3, -0.25) is 4.79 Å². The molecule has 3 heteroatoms. The van der Waals surface area contributed by atoms with Crippen molar-refractivity contribution in [2.24, 2.45) is 0 Å². The molecule has 1 fully saturated rings. The van der Waals surface area contributed by atoms with Crippen LogP contribution in [0.2, 0.25) is 0 Å². The van der Waals surface area contributed by atoms with Gasteiger partial charge in [-0.05, 0) is 30.9 Å². The van der Waals surface area contributed by atoms with Crippen molar-refractivity contribution < 1.29 is 14.3 Å². The number of benzene rings is 1. The molecule has 0 aromatic heterocycles. The molecule has 2 nitrogen and oxygen atoms in total. The molecule has 104 valence electrons. The first kappa shape index (κ1) is 14.0. The summed E-state index contributed by atoms with van der Waals surface area (Å²) in [6, 6.07) is 7.49. The number of hydrogen-bond donors (Lipinski definition) is 1. The molecule has 1 aliphatic carbocycles. The van der Waals surface area contributed by atoms with E-state index < -0.39 is 17.6 Å². The van der Waals surface area contributed by atoms with Crippen LogP contribution < -0.4 is 0 Å². The average molecular weight is 264 g/mol. The van der Waals surface area contributed by atoms with E-state index >= 15 is 0 Å². The standard InChI is InChI=1S/C16H21FO2/c1-12(17)10-13-6-5-7-14(11-13)16(15(18)19)8-3-2-4-9-16/h5-7,11-12H,2-4,8-10H2,1H3,(H,18,19). The molecule has 19 heavy (non-hydrogen) atoms. The lowest BCUT2D eigenvalue weighted by molar-refractivity contribution is -0.145. The van der Waals surface area contributed by atoms with Crippen molar-refractivity contribution >= 4 is 5.97 Å². The van der Waals surface area contributed by atoms with Crippen molar-refractivity contribution in [1.82, 2.24) is 0 Å². The maximum atomic E-state index is 13.1. The molecule has 1 aromatic rings. The van der Waals surface area contributed by atoms with Crippen LogP contribution in [0.5, 0.6) is 0 Å². The predicted octanol–water partition coefficient (Wildman–Crippen LogP) is 3.87. The van der Waals surface area contributed by atoms with E-state index in [0.717, 1.165) is 30.4 Å². The fourth-order valence-electron chi connectivity index (χ4n) is 3.10. The molecule has 1 unspecified atom stereocenters. The van der Waals surface area contributed by atoms with Gasteiger partial charge in [0.15, 0.2) is 0 Å². The number of alkyl halides is 1. The monoisotopic (exact) mass is 264 g/mol. The Kier molecular flexibility index (Phi) is 4.23. The van der Waals surface area contributed by atoms with E-state index in [9.17, 15) is 14.3 Å². The number of rotatable bonds is 4. The Morgan fingerprint density at radius 1 is 1.37 bits per heavy atom. The van der Waals surface area contributed by atoms with Gasteiger partial charge in [0.05, 0.1) is 5.41 Å². The maximum Gasteiger partial charge on any atom is 0.314 e. The summed E-state index contributed by atoms with van der Waals surface area (Å²) in [5.74, 6) is -0.738. The van der Waals surface area contributed by atoms with Crippen molar-refractivity contribution in [3.8, 4) is 0 Å². The molecular formula is C16H21FO2. The van der Waals surface area contributed by atoms with Crippen molar-refractivity contribution in [2.75, 3.05) is 0 Å². The smallest absolute Gasteiger partial charge is 0.314 e. The van der Waals surface area contributed by atoms with E-state index in [1.807, 2.05) is 24.3 Å². The predicted molar refractivity (Wildman–Crippen MR) is 73.1 cm³/mol. The molecule has 0 saturated heterocycles. The number of hydrogen-bond acceptors (Lipinski definition) is 1. The van der Waals surface area contributed by atoms with Crippen LogP contribution in [0.3, 0.4) is 0 Å². The van der Waals surface area contributed by atoms with E-state index in [1.165, 1.54) is 6.92 Å². The van der Waals surface area contributed by atoms with Crippen LogP contribution in [0.1, 0.15) is 50.2 Å². The molecule has 0 amide bonds. The highest BCUT2D eigenvalue weighted by Crippen LogP contribution is 2.40. The van der Waals surface area contributed by atoms with Crippen LogP contribution in [-0.2, 0) is 16.6 Å². The summed E-state index contributed by atoms with van der Waals surface area (Å²) in [5.41, 5.74) is 0.977. The Hall–Kier alpha value is -1.38. The second-order valence-corrected chi connectivity index (χ2v) is 5.63. The fraction of sp³-hybridized carbons (Fsp3) is 0.562. The van der Waals surface area contributed by atoms with Gasteiger partial charge in [0.1, 0.15) is 6.17 Å². The number of carbonyl (C=O) groups is 1. The van der Waals surface area contributed by atoms with E-state index in [1.54, 1.807) is 0 Å². The molecule has 0 bridgehead atoms. The molecule has 0 radical (unpaired) electrons. The first-order valence-electron chi connectivity index (χ1n) is 7.01. The fourth-order valence-corrected chi connectivity index (χ4v) is 3.10. The number of carboxylic acid groups (broad SMARTS) is 1. The Bertz CT molecular complexity index is 448. The zero-order valence-corrected chi connectivity index (χ0v) is 11.4. The van der Waals surface area contributed by atoms with E-state index in [4.69, 9.17) is 0 Å². The Morgan fingerprint density at radius 3 is 2.63 bits per heavy atom. The van der Waals surface area contributed by atoms with Crippen molar-refractivity contribution in [2.45, 2.75) is 57.0 Å². The molecule has 0 heterocycles. The third-order valence-electron chi connectivity index (χ3n) is 4.11. The molecule has 1 aliphatic rings. The lowest BCUT2D eigenvalue weighted by atomic mass is 9.69. The van der Waals surface area contributed by atoms with Gasteiger partial charge in [0.25, 0.3) is 0 Å². The number of aliphatic carboxylic acids is 1. The minimum Gasteiger partial charge on any atom is -0.481 e. The maximum absolute atomic E-state index is 13.1. The highest BCUT2D eigenvalue weighted by atomic mass is 19.1. The summed E-state index contributed by atoms with van der Waals surface area (Å²) in [5, 5.41) is 9.64. The third kappa shape index (κ3) is 2.96. The SMILES string of the molecule is CC(F)Cc1cccc(C2(C(=O)O)CCCCC2)c1. The van der Waals surface area contributed by atoms with Crippen LogP contribution in [0.25, 0.3) is 0 Å². The van der Waals surface area contributed by atoms with E-state index in [0.29, 0.717) is 19.3 Å². The topological polar surface area (TPSA) is 37.3 Å². The zero-order valence-electron chi connectivity index (χ0n) is 11.4. The summed E-state index contributed by atoms with van der Waals surface area (Å²) >= 11 is 0. The van der Waals surface area contributed by atoms with Gasteiger partial charge in [-0.2, -0.15) is 0 Å². The van der Waals surface area contributed by atoms with Crippen LogP contribution >= 0.6 is 0 Å². The molecule has 1 saturated carbocycles. The van der Waals surface area contributed by atoms with Gasteiger partial charge in [0.2, 0.25) is 0 Å². The third-order valence-corrected chi connectivity index (χ3v) is 4.11. The Balaban J connectivity index is 2.34. The van der Waals surface area contributed by atoms with Crippen LogP contribution in [0.15, 0.2) is 24.3 Å². The molecule has 0 spiro atoms. The van der Waals surface area contributed by atoms with Crippen molar-refractivity contribution in [1.29, 1.82) is 0 Å². The van der Waals surface area contributed by atoms with Crippen molar-refractivity contribution in [3.63, 3.8) is 0 Å². The summed E-state index contributed by atoms with van der Waals surface area (Å²) in [6.07, 6.45) is 3.85. The zero-order chi connectivity index (χ0) is 13.9. The molecular weight excluding hydrogens is 243 g/mol. The minimum absolute atomic E-state index is 0.351. The van der Waals surface area contributed by atoms with Gasteiger partial charge in [0, 0.05) is 6.42 Å². The molecule has 1 N–H and O–H groups in total. The summed E-state index contributed by atoms with van der Waals surface area (Å²) in [6.45, 7) is 1.53. The first-order valence-corrected chi connectivity index (χ1v) is 7.01. The van der Waals surface area contributed by atoms with Gasteiger partial charge in [-0.1, -0.05) is 43.5 Å². The van der Waals surface area contributed by atoms with E-state index in [-0.39, 0.29) is 0 Å². The Labute approximate surface area is 113 Å². The second kappa shape index (κ2) is 5.72. The molecule has 1 atom stereocenters. The quantitative estimate of drug-likeness (QED) is 0.896. The summed E-state index contributed by atoms with van der Waals surface area (Å²) in [4.78, 5) is 11.7. The molecule has 0 aliphatic heterocycles. The summed E-state index contributed by atoms with van der Waals surface area (Å²) < 4.78 is 13.1. The normalized spacial score (nSPS) is 19.9. The average Bonchev–Trinajstić information content (AvgIpc) is 2.39. The molecule has 1 aromatic carbocycles. The van der Waals surface area contributed by atoms with Gasteiger partial charge in [-0.15, -0.1) is 0 Å². The number of halogens is 1. The van der Waals surface area contributed by atoms with Crippen molar-refractivity contribution in [3.05, 3.63) is 35.4 Å². The highest BCUT2D eigenvalue weighted by Gasteiger charge is 2.41. The minimum atomic E-state index is -0.901. The second-order valence-electron chi connectivity index (χ2n) is 5.63. The van der Waals surface area contributed by atoms with Gasteiger partial charge < -0.3 is 5.11 Å². The number of carboxylic acids is 1. The summed E-state index contributed by atoms with van der Waals surface area (Å²) in [7, 11) is 0. The largest absolute Gasteiger partial charge is 0.481 e. The lowest BCUT2D eigenvalue weighted by Gasteiger charge is -2.34. The lowest BCUT2D eigenvalue weighted by Crippen LogP contribution is -2.37. The Morgan fingerprint density at radius 2 is 2.05 bits per heavy atom. The van der Waals surface area contributed by atoms with Crippen LogP contribution in [-0.4, -0.2) is 17.2 Å². The first-order chi connectivity index (χ1) is 9.04. The van der Waals surface area contributed by atoms with Gasteiger partial charge in [-0.25, -0.2) is 4.39 Å². The van der Waals surface area contributed by atoms with E-state index in [2.05, 4.69) is 0 Å². The molecule has 2 rings (SSSR count). The highest BCUT2D eigenvalue weighted by molar-refractivity contribution is 5.81. The van der Waals surface area contributed by atoms with Crippen LogP contribution in [0, 0.1) is 0 Å². The van der Waals surface area contributed by atoms with Crippen LogP contribution in [0.4, 0.5) is 4.39 Å². The van der Waals surface area contributed by atoms with Gasteiger partial charge >= 0.3 is 5.97 Å².